The minimum absolute atomic E-state index is 0.0681. The van der Waals surface area contributed by atoms with Crippen LogP contribution in [-0.4, -0.2) is 25.2 Å². The number of hydrogen-bond acceptors (Lipinski definition) is 3. The van der Waals surface area contributed by atoms with Gasteiger partial charge in [0.15, 0.2) is 0 Å². The molecule has 0 fully saturated rings. The van der Waals surface area contributed by atoms with Gasteiger partial charge in [0.1, 0.15) is 5.75 Å². The number of benzene rings is 2. The maximum atomic E-state index is 10.1. The van der Waals surface area contributed by atoms with Gasteiger partial charge in [-0.15, -0.1) is 0 Å². The number of nitrogens with zero attached hydrogens (tertiary/aromatic N) is 2. The highest BCUT2D eigenvalue weighted by Crippen LogP contribution is 2.39. The molecule has 1 N–H and O–H groups in total. The number of aromatic hydroxyl groups is 1. The highest BCUT2D eigenvalue weighted by molar-refractivity contribution is 6.30. The van der Waals surface area contributed by atoms with Crippen LogP contribution in [0.5, 0.6) is 5.75 Å². The van der Waals surface area contributed by atoms with Crippen molar-refractivity contribution in [2.24, 2.45) is 0 Å². The molecule has 3 nitrogen and oxygen atoms in total. The smallest absolute Gasteiger partial charge is 0.120 e. The van der Waals surface area contributed by atoms with E-state index in [4.69, 9.17) is 11.6 Å². The minimum Gasteiger partial charge on any atom is -0.508 e. The van der Waals surface area contributed by atoms with E-state index in [2.05, 4.69) is 48.0 Å². The lowest BCUT2D eigenvalue weighted by Crippen LogP contribution is -2.40. The molecular weight excluding hydrogens is 284 g/mol. The fourth-order valence-electron chi connectivity index (χ4n) is 2.96. The predicted octanol–water partition coefficient (Wildman–Crippen LogP) is 4.06. The maximum absolute atomic E-state index is 10.1. The molecule has 0 saturated carbocycles. The zero-order valence-corrected chi connectivity index (χ0v) is 13.0. The lowest BCUT2D eigenvalue weighted by atomic mass is 10.0. The van der Waals surface area contributed by atoms with Gasteiger partial charge in [-0.25, -0.2) is 0 Å². The number of halogens is 1. The number of hydrogen-bond donors (Lipinski definition) is 1. The van der Waals surface area contributed by atoms with Crippen molar-refractivity contribution in [1.29, 1.82) is 0 Å². The van der Waals surface area contributed by atoms with E-state index in [1.807, 2.05) is 6.07 Å². The molecule has 0 saturated heterocycles. The van der Waals surface area contributed by atoms with E-state index < -0.39 is 0 Å². The fourth-order valence-corrected chi connectivity index (χ4v) is 3.14. The third-order valence-corrected chi connectivity index (χ3v) is 4.42. The molecule has 3 rings (SSSR count). The monoisotopic (exact) mass is 302 g/mol. The number of rotatable bonds is 2. The molecule has 1 atom stereocenters. The van der Waals surface area contributed by atoms with Crippen molar-refractivity contribution in [2.45, 2.75) is 13.0 Å². The summed E-state index contributed by atoms with van der Waals surface area (Å²) >= 11 is 6.09. The normalized spacial score (nSPS) is 15.8. The third kappa shape index (κ3) is 2.54. The third-order valence-electron chi connectivity index (χ3n) is 4.19. The Balaban J connectivity index is 2.01. The number of para-hydroxylation sites is 2. The standard InChI is InChI=1S/C17H19ClN2O/c1-12(14-11-13(18)7-8-17(14)21)20-10-9-19(2)15-5-3-4-6-16(15)20/h3-8,11-12,21H,9-10H2,1-2H3. The first-order valence-electron chi connectivity index (χ1n) is 7.13. The summed E-state index contributed by atoms with van der Waals surface area (Å²) in [4.78, 5) is 4.58. The van der Waals surface area contributed by atoms with Crippen molar-refractivity contribution in [1.82, 2.24) is 0 Å². The van der Waals surface area contributed by atoms with Gasteiger partial charge in [-0.2, -0.15) is 0 Å². The van der Waals surface area contributed by atoms with E-state index >= 15 is 0 Å². The van der Waals surface area contributed by atoms with Crippen LogP contribution in [0, 0.1) is 0 Å². The second-order valence-corrected chi connectivity index (χ2v) is 5.92. The van der Waals surface area contributed by atoms with Gasteiger partial charge in [-0.05, 0) is 37.3 Å². The lowest BCUT2D eigenvalue weighted by molar-refractivity contribution is 0.460. The average molecular weight is 303 g/mol. The van der Waals surface area contributed by atoms with Crippen molar-refractivity contribution >= 4 is 23.0 Å². The fraction of sp³-hybridized carbons (Fsp3) is 0.294. The number of phenolic OH excluding ortho intramolecular Hbond substituents is 1. The van der Waals surface area contributed by atoms with Crippen LogP contribution in [0.4, 0.5) is 11.4 Å². The summed E-state index contributed by atoms with van der Waals surface area (Å²) in [6.45, 7) is 3.98. The van der Waals surface area contributed by atoms with Crippen LogP contribution in [0.25, 0.3) is 0 Å². The van der Waals surface area contributed by atoms with Gasteiger partial charge >= 0.3 is 0 Å². The Morgan fingerprint density at radius 3 is 2.57 bits per heavy atom. The second-order valence-electron chi connectivity index (χ2n) is 5.48. The second kappa shape index (κ2) is 5.49. The lowest BCUT2D eigenvalue weighted by Gasteiger charge is -2.40. The molecular formula is C17H19ClN2O. The van der Waals surface area contributed by atoms with Crippen molar-refractivity contribution in [3.8, 4) is 5.75 Å². The Bertz CT molecular complexity index is 659. The van der Waals surface area contributed by atoms with Crippen molar-refractivity contribution in [2.75, 3.05) is 29.9 Å². The minimum atomic E-state index is 0.0681. The summed E-state index contributed by atoms with van der Waals surface area (Å²) in [7, 11) is 2.11. The summed E-state index contributed by atoms with van der Waals surface area (Å²) in [5.74, 6) is 0.295. The Kier molecular flexibility index (Phi) is 3.68. The maximum Gasteiger partial charge on any atom is 0.120 e. The van der Waals surface area contributed by atoms with Crippen molar-refractivity contribution < 1.29 is 5.11 Å². The largest absolute Gasteiger partial charge is 0.508 e. The molecule has 1 aliphatic heterocycles. The Morgan fingerprint density at radius 2 is 1.81 bits per heavy atom. The summed E-state index contributed by atoms with van der Waals surface area (Å²) in [6, 6.07) is 13.7. The highest BCUT2D eigenvalue weighted by atomic mass is 35.5. The van der Waals surface area contributed by atoms with Crippen LogP contribution >= 0.6 is 11.6 Å². The van der Waals surface area contributed by atoms with Crippen LogP contribution in [-0.2, 0) is 0 Å². The van der Waals surface area contributed by atoms with E-state index in [1.54, 1.807) is 12.1 Å². The topological polar surface area (TPSA) is 26.7 Å². The zero-order valence-electron chi connectivity index (χ0n) is 12.3. The van der Waals surface area contributed by atoms with Gasteiger partial charge in [0.25, 0.3) is 0 Å². The van der Waals surface area contributed by atoms with Gasteiger partial charge in [0, 0.05) is 30.7 Å². The summed E-state index contributed by atoms with van der Waals surface area (Å²) in [5, 5.41) is 10.8. The number of anilines is 2. The van der Waals surface area contributed by atoms with Crippen LogP contribution in [0.1, 0.15) is 18.5 Å². The molecule has 21 heavy (non-hydrogen) atoms. The SMILES string of the molecule is CC(c1cc(Cl)ccc1O)N1CCN(C)c2ccccc21. The Morgan fingerprint density at radius 1 is 1.10 bits per heavy atom. The predicted molar refractivity (Wildman–Crippen MR) is 88.6 cm³/mol. The zero-order chi connectivity index (χ0) is 15.0. The van der Waals surface area contributed by atoms with Gasteiger partial charge in [-0.1, -0.05) is 23.7 Å². The molecule has 0 spiro atoms. The van der Waals surface area contributed by atoms with Gasteiger partial charge in [-0.3, -0.25) is 0 Å². The van der Waals surface area contributed by atoms with E-state index in [9.17, 15) is 5.11 Å². The number of fused-ring (bicyclic) bond motifs is 1. The van der Waals surface area contributed by atoms with Crippen molar-refractivity contribution in [3.63, 3.8) is 0 Å². The van der Waals surface area contributed by atoms with Crippen LogP contribution in [0.2, 0.25) is 5.02 Å². The quantitative estimate of drug-likeness (QED) is 0.906. The molecule has 0 amide bonds. The van der Waals surface area contributed by atoms with Gasteiger partial charge in [0.05, 0.1) is 17.4 Å². The van der Waals surface area contributed by atoms with E-state index in [0.717, 1.165) is 18.7 Å². The number of phenols is 1. The first-order chi connectivity index (χ1) is 10.1. The molecule has 2 aromatic rings. The first kappa shape index (κ1) is 14.1. The summed E-state index contributed by atoms with van der Waals surface area (Å²) in [6.07, 6.45) is 0. The van der Waals surface area contributed by atoms with Crippen LogP contribution in [0.15, 0.2) is 42.5 Å². The molecule has 1 unspecified atom stereocenters. The first-order valence-corrected chi connectivity index (χ1v) is 7.51. The van der Waals surface area contributed by atoms with E-state index in [-0.39, 0.29) is 6.04 Å². The molecule has 1 aliphatic rings. The molecule has 2 aromatic carbocycles. The molecule has 0 aromatic heterocycles. The Hall–Kier alpha value is -1.87. The molecule has 0 bridgehead atoms. The average Bonchev–Trinajstić information content (AvgIpc) is 2.50. The van der Waals surface area contributed by atoms with Crippen LogP contribution in [0.3, 0.4) is 0 Å². The Labute approximate surface area is 130 Å². The molecule has 110 valence electrons. The van der Waals surface area contributed by atoms with E-state index in [1.165, 1.54) is 11.4 Å². The molecule has 0 radical (unpaired) electrons. The summed E-state index contributed by atoms with van der Waals surface area (Å²) in [5.41, 5.74) is 3.28. The molecule has 1 heterocycles. The number of likely N-dealkylation sites (N-methyl/N-ethyl adjacent to an activating group) is 1. The van der Waals surface area contributed by atoms with Crippen LogP contribution < -0.4 is 9.80 Å². The van der Waals surface area contributed by atoms with Crippen molar-refractivity contribution in [3.05, 3.63) is 53.1 Å². The summed E-state index contributed by atoms with van der Waals surface area (Å²) < 4.78 is 0. The molecule has 4 heteroatoms. The van der Waals surface area contributed by atoms with Gasteiger partial charge < -0.3 is 14.9 Å². The van der Waals surface area contributed by atoms with Gasteiger partial charge in [0.2, 0.25) is 0 Å². The van der Waals surface area contributed by atoms with E-state index in [0.29, 0.717) is 10.8 Å². The molecule has 0 aliphatic carbocycles. The highest BCUT2D eigenvalue weighted by Gasteiger charge is 2.26.